The Bertz CT molecular complexity index is 783. The summed E-state index contributed by atoms with van der Waals surface area (Å²) >= 11 is 1.52. The summed E-state index contributed by atoms with van der Waals surface area (Å²) < 4.78 is 23.2. The first-order valence-corrected chi connectivity index (χ1v) is 9.65. The van der Waals surface area contributed by atoms with Crippen LogP contribution < -0.4 is 5.32 Å². The number of hydrogen-bond donors (Lipinski definition) is 1. The lowest BCUT2D eigenvalue weighted by atomic mass is 10.0. The second-order valence-electron chi connectivity index (χ2n) is 5.81. The van der Waals surface area contributed by atoms with Crippen LogP contribution in [0.25, 0.3) is 11.3 Å². The van der Waals surface area contributed by atoms with E-state index < -0.39 is 15.4 Å². The minimum absolute atomic E-state index is 0.00263. The molecule has 1 aliphatic rings. The first-order valence-electron chi connectivity index (χ1n) is 6.89. The summed E-state index contributed by atoms with van der Waals surface area (Å²) in [6.45, 7) is 1.78. The summed E-state index contributed by atoms with van der Waals surface area (Å²) in [7, 11) is -3.04. The maximum atomic E-state index is 12.3. The molecule has 0 unspecified atom stereocenters. The van der Waals surface area contributed by atoms with Crippen molar-refractivity contribution in [2.24, 2.45) is 0 Å². The highest BCUT2D eigenvalue weighted by atomic mass is 32.2. The van der Waals surface area contributed by atoms with Crippen molar-refractivity contribution in [3.8, 4) is 11.3 Å². The summed E-state index contributed by atoms with van der Waals surface area (Å²) in [6.07, 6.45) is 0.456. The van der Waals surface area contributed by atoms with Crippen LogP contribution in [0.3, 0.4) is 0 Å². The van der Waals surface area contributed by atoms with Crippen LogP contribution in [-0.2, 0) is 9.84 Å². The first-order chi connectivity index (χ1) is 10.4. The highest BCUT2D eigenvalue weighted by Gasteiger charge is 2.39. The van der Waals surface area contributed by atoms with Crippen LogP contribution in [0.2, 0.25) is 0 Å². The number of aromatic nitrogens is 1. The number of amides is 1. The number of rotatable bonds is 3. The number of carbonyl (C=O) groups is 1. The van der Waals surface area contributed by atoms with Crippen molar-refractivity contribution in [1.82, 2.24) is 10.3 Å². The SMILES string of the molecule is C[C@]1(NC(=O)c2ccc(-c3cscn3)cc2)CCS(=O)(=O)C1. The Kier molecular flexibility index (Phi) is 3.78. The third-order valence-corrected chi connectivity index (χ3v) is 6.28. The van der Waals surface area contributed by atoms with E-state index in [0.717, 1.165) is 11.3 Å². The highest BCUT2D eigenvalue weighted by Crippen LogP contribution is 2.24. The molecule has 7 heteroatoms. The molecule has 0 spiro atoms. The predicted octanol–water partition coefficient (Wildman–Crippen LogP) is 2.12. The number of carbonyl (C=O) groups excluding carboxylic acids is 1. The zero-order valence-corrected chi connectivity index (χ0v) is 13.7. The van der Waals surface area contributed by atoms with E-state index >= 15 is 0 Å². The molecule has 0 aliphatic carbocycles. The molecular weight excluding hydrogens is 320 g/mol. The van der Waals surface area contributed by atoms with Crippen LogP contribution in [0.4, 0.5) is 0 Å². The first kappa shape index (κ1) is 15.2. The van der Waals surface area contributed by atoms with Gasteiger partial charge in [0.05, 0.1) is 28.2 Å². The van der Waals surface area contributed by atoms with Gasteiger partial charge in [-0.2, -0.15) is 0 Å². The molecule has 1 atom stereocenters. The van der Waals surface area contributed by atoms with Crippen molar-refractivity contribution in [3.63, 3.8) is 0 Å². The number of nitrogens with one attached hydrogen (secondary N) is 1. The summed E-state index contributed by atoms with van der Waals surface area (Å²) in [4.78, 5) is 16.5. The van der Waals surface area contributed by atoms with Crippen LogP contribution in [0, 0.1) is 0 Å². The van der Waals surface area contributed by atoms with Gasteiger partial charge in [0.15, 0.2) is 9.84 Å². The smallest absolute Gasteiger partial charge is 0.251 e. The number of benzene rings is 1. The van der Waals surface area contributed by atoms with Gasteiger partial charge in [-0.3, -0.25) is 4.79 Å². The Balaban J connectivity index is 1.73. The van der Waals surface area contributed by atoms with Crippen LogP contribution >= 0.6 is 11.3 Å². The summed E-state index contributed by atoms with van der Waals surface area (Å²) in [5.74, 6) is -0.112. The van der Waals surface area contributed by atoms with E-state index in [0.29, 0.717) is 12.0 Å². The average molecular weight is 336 g/mol. The van der Waals surface area contributed by atoms with Gasteiger partial charge in [0, 0.05) is 16.5 Å². The molecule has 2 heterocycles. The van der Waals surface area contributed by atoms with Crippen LogP contribution in [0.1, 0.15) is 23.7 Å². The van der Waals surface area contributed by atoms with Crippen molar-refractivity contribution in [2.75, 3.05) is 11.5 Å². The van der Waals surface area contributed by atoms with Crippen LogP contribution in [-0.4, -0.2) is 36.4 Å². The number of nitrogens with zero attached hydrogens (tertiary/aromatic N) is 1. The van der Waals surface area contributed by atoms with E-state index in [1.54, 1.807) is 24.6 Å². The molecule has 1 amide bonds. The fourth-order valence-corrected chi connectivity index (χ4v) is 5.26. The van der Waals surface area contributed by atoms with E-state index in [4.69, 9.17) is 0 Å². The molecule has 1 aliphatic heterocycles. The molecule has 22 heavy (non-hydrogen) atoms. The molecule has 1 aromatic heterocycles. The van der Waals surface area contributed by atoms with Gasteiger partial charge in [0.2, 0.25) is 0 Å². The second kappa shape index (κ2) is 5.48. The van der Waals surface area contributed by atoms with E-state index in [-0.39, 0.29) is 17.4 Å². The lowest BCUT2D eigenvalue weighted by molar-refractivity contribution is 0.0915. The van der Waals surface area contributed by atoms with Gasteiger partial charge >= 0.3 is 0 Å². The van der Waals surface area contributed by atoms with E-state index in [2.05, 4.69) is 10.3 Å². The largest absolute Gasteiger partial charge is 0.346 e. The number of thiazole rings is 1. The van der Waals surface area contributed by atoms with Crippen LogP contribution in [0.15, 0.2) is 35.2 Å². The fraction of sp³-hybridized carbons (Fsp3) is 0.333. The van der Waals surface area contributed by atoms with Gasteiger partial charge < -0.3 is 5.32 Å². The Hall–Kier alpha value is -1.73. The third-order valence-electron chi connectivity index (χ3n) is 3.79. The molecule has 1 fully saturated rings. The Morgan fingerprint density at radius 1 is 1.32 bits per heavy atom. The van der Waals surface area contributed by atoms with E-state index in [1.807, 2.05) is 17.5 Å². The lowest BCUT2D eigenvalue weighted by Crippen LogP contribution is -2.46. The normalized spacial score (nSPS) is 23.3. The summed E-state index contributed by atoms with van der Waals surface area (Å²) in [5.41, 5.74) is 3.43. The van der Waals surface area contributed by atoms with Crippen molar-refractivity contribution < 1.29 is 13.2 Å². The molecule has 0 bridgehead atoms. The van der Waals surface area contributed by atoms with Gasteiger partial charge in [0.25, 0.3) is 5.91 Å². The Morgan fingerprint density at radius 2 is 2.05 bits per heavy atom. The summed E-state index contributed by atoms with van der Waals surface area (Å²) in [6, 6.07) is 7.16. The van der Waals surface area contributed by atoms with Crippen molar-refractivity contribution in [2.45, 2.75) is 18.9 Å². The average Bonchev–Trinajstić information content (AvgIpc) is 3.07. The van der Waals surface area contributed by atoms with Crippen molar-refractivity contribution >= 4 is 27.1 Å². The van der Waals surface area contributed by atoms with Crippen molar-refractivity contribution in [3.05, 3.63) is 40.7 Å². The molecule has 0 radical (unpaired) electrons. The van der Waals surface area contributed by atoms with Gasteiger partial charge in [-0.15, -0.1) is 11.3 Å². The van der Waals surface area contributed by atoms with Gasteiger partial charge in [-0.25, -0.2) is 13.4 Å². The Morgan fingerprint density at radius 3 is 2.59 bits per heavy atom. The van der Waals surface area contributed by atoms with Crippen molar-refractivity contribution in [1.29, 1.82) is 0 Å². The molecule has 2 aromatic rings. The highest BCUT2D eigenvalue weighted by molar-refractivity contribution is 7.91. The van der Waals surface area contributed by atoms with E-state index in [1.165, 1.54) is 11.3 Å². The number of sulfone groups is 1. The second-order valence-corrected chi connectivity index (χ2v) is 8.71. The molecule has 1 N–H and O–H groups in total. The van der Waals surface area contributed by atoms with E-state index in [9.17, 15) is 13.2 Å². The maximum Gasteiger partial charge on any atom is 0.251 e. The quantitative estimate of drug-likeness (QED) is 0.931. The summed E-state index contributed by atoms with van der Waals surface area (Å²) in [5, 5.41) is 4.79. The molecule has 3 rings (SSSR count). The van der Waals surface area contributed by atoms with Gasteiger partial charge in [-0.1, -0.05) is 12.1 Å². The van der Waals surface area contributed by atoms with Gasteiger partial charge in [0.1, 0.15) is 0 Å². The molecule has 1 saturated heterocycles. The maximum absolute atomic E-state index is 12.3. The topological polar surface area (TPSA) is 76.1 Å². The standard InChI is InChI=1S/C15H16N2O3S2/c1-15(6-7-22(19,20)9-15)17-14(18)12-4-2-11(3-5-12)13-8-21-10-16-13/h2-5,8,10H,6-7,9H2,1H3,(H,17,18)/t15-/m0/s1. The monoisotopic (exact) mass is 336 g/mol. The molecular formula is C15H16N2O3S2. The number of hydrogen-bond acceptors (Lipinski definition) is 5. The lowest BCUT2D eigenvalue weighted by Gasteiger charge is -2.23. The Labute approximate surface area is 133 Å². The van der Waals surface area contributed by atoms with Crippen LogP contribution in [0.5, 0.6) is 0 Å². The molecule has 0 saturated carbocycles. The minimum Gasteiger partial charge on any atom is -0.346 e. The third kappa shape index (κ3) is 3.20. The van der Waals surface area contributed by atoms with Gasteiger partial charge in [-0.05, 0) is 25.5 Å². The minimum atomic E-state index is -3.04. The fourth-order valence-electron chi connectivity index (χ4n) is 2.60. The molecule has 1 aromatic carbocycles. The molecule has 5 nitrogen and oxygen atoms in total. The molecule has 116 valence electrons. The zero-order valence-electron chi connectivity index (χ0n) is 12.1. The predicted molar refractivity (Wildman–Crippen MR) is 86.7 cm³/mol. The zero-order chi connectivity index (χ0) is 15.8.